The highest BCUT2D eigenvalue weighted by Crippen LogP contribution is 2.29. The lowest BCUT2D eigenvalue weighted by molar-refractivity contribution is 0.100. The quantitative estimate of drug-likeness (QED) is 0.831. The number of halogens is 1. The van der Waals surface area contributed by atoms with Crippen molar-refractivity contribution in [3.8, 4) is 5.75 Å². The van der Waals surface area contributed by atoms with Gasteiger partial charge in [0.2, 0.25) is 5.91 Å². The van der Waals surface area contributed by atoms with Crippen LogP contribution in [0.25, 0.3) is 0 Å². The minimum absolute atomic E-state index is 0.325. The van der Waals surface area contributed by atoms with Crippen LogP contribution in [-0.4, -0.2) is 12.0 Å². The fourth-order valence-corrected chi connectivity index (χ4v) is 1.41. The number of benzene rings is 1. The van der Waals surface area contributed by atoms with E-state index in [0.717, 1.165) is 12.8 Å². The summed E-state index contributed by atoms with van der Waals surface area (Å²) in [6.45, 7) is 0. The van der Waals surface area contributed by atoms with Crippen molar-refractivity contribution in [1.29, 1.82) is 0 Å². The van der Waals surface area contributed by atoms with Gasteiger partial charge in [-0.1, -0.05) is 11.6 Å². The predicted octanol–water partition coefficient (Wildman–Crippen LogP) is 1.98. The van der Waals surface area contributed by atoms with Gasteiger partial charge in [0.05, 0.1) is 16.7 Å². The number of carbonyl (C=O) groups excluding carboxylic acids is 1. The minimum atomic E-state index is -0.520. The first kappa shape index (κ1) is 9.34. The summed E-state index contributed by atoms with van der Waals surface area (Å²) in [6.07, 6.45) is 2.51. The summed E-state index contributed by atoms with van der Waals surface area (Å²) in [5.74, 6) is 0.176. The lowest BCUT2D eigenvalue weighted by atomic mass is 10.2. The van der Waals surface area contributed by atoms with E-state index in [1.54, 1.807) is 18.2 Å². The molecule has 3 nitrogen and oxygen atoms in total. The lowest BCUT2D eigenvalue weighted by Gasteiger charge is -2.05. The number of nitrogens with two attached hydrogens (primary N) is 1. The van der Waals surface area contributed by atoms with Crippen LogP contribution in [0.5, 0.6) is 5.75 Å². The summed E-state index contributed by atoms with van der Waals surface area (Å²) >= 11 is 5.85. The maximum Gasteiger partial charge on any atom is 0.250 e. The monoisotopic (exact) mass is 211 g/mol. The SMILES string of the molecule is NC(=O)c1ccc(OC2CC2)cc1Cl. The summed E-state index contributed by atoms with van der Waals surface area (Å²) in [6, 6.07) is 4.92. The third-order valence-corrected chi connectivity index (χ3v) is 2.35. The standard InChI is InChI=1S/C10H10ClNO2/c11-9-5-7(14-6-1-2-6)3-4-8(9)10(12)13/h3-6H,1-2H2,(H2,12,13). The van der Waals surface area contributed by atoms with Gasteiger partial charge in [0.25, 0.3) is 0 Å². The van der Waals surface area contributed by atoms with Gasteiger partial charge in [-0.25, -0.2) is 0 Å². The minimum Gasteiger partial charge on any atom is -0.490 e. The van der Waals surface area contributed by atoms with Crippen LogP contribution in [-0.2, 0) is 0 Å². The van der Waals surface area contributed by atoms with Crippen molar-refractivity contribution in [2.24, 2.45) is 5.73 Å². The van der Waals surface area contributed by atoms with E-state index in [-0.39, 0.29) is 0 Å². The van der Waals surface area contributed by atoms with Gasteiger partial charge in [-0.3, -0.25) is 4.79 Å². The van der Waals surface area contributed by atoms with Gasteiger partial charge < -0.3 is 10.5 Å². The fraction of sp³-hybridized carbons (Fsp3) is 0.300. The zero-order valence-electron chi connectivity index (χ0n) is 7.50. The maximum atomic E-state index is 10.9. The van der Waals surface area contributed by atoms with Gasteiger partial charge in [0, 0.05) is 0 Å². The Hall–Kier alpha value is -1.22. The molecule has 0 aliphatic heterocycles. The Bertz CT molecular complexity index is 374. The Morgan fingerprint density at radius 3 is 2.71 bits per heavy atom. The molecule has 0 spiro atoms. The van der Waals surface area contributed by atoms with Crippen LogP contribution in [0.4, 0.5) is 0 Å². The molecule has 0 atom stereocenters. The van der Waals surface area contributed by atoms with Crippen LogP contribution >= 0.6 is 11.6 Å². The van der Waals surface area contributed by atoms with E-state index >= 15 is 0 Å². The predicted molar refractivity (Wildman–Crippen MR) is 53.6 cm³/mol. The van der Waals surface area contributed by atoms with Crippen molar-refractivity contribution in [1.82, 2.24) is 0 Å². The Morgan fingerprint density at radius 1 is 1.50 bits per heavy atom. The molecule has 74 valence electrons. The molecule has 14 heavy (non-hydrogen) atoms. The molecule has 0 saturated heterocycles. The Morgan fingerprint density at radius 2 is 2.21 bits per heavy atom. The molecule has 1 aliphatic rings. The zero-order valence-corrected chi connectivity index (χ0v) is 8.25. The van der Waals surface area contributed by atoms with E-state index in [2.05, 4.69) is 0 Å². The zero-order chi connectivity index (χ0) is 10.1. The molecule has 1 aromatic rings. The van der Waals surface area contributed by atoms with Crippen LogP contribution in [0.15, 0.2) is 18.2 Å². The molecular formula is C10H10ClNO2. The van der Waals surface area contributed by atoms with Gasteiger partial charge >= 0.3 is 0 Å². The van der Waals surface area contributed by atoms with E-state index in [9.17, 15) is 4.79 Å². The molecule has 0 unspecified atom stereocenters. The molecule has 1 saturated carbocycles. The van der Waals surface area contributed by atoms with Crippen molar-refractivity contribution >= 4 is 17.5 Å². The molecule has 1 amide bonds. The average molecular weight is 212 g/mol. The number of hydrogen-bond acceptors (Lipinski definition) is 2. The summed E-state index contributed by atoms with van der Waals surface area (Å²) in [7, 11) is 0. The smallest absolute Gasteiger partial charge is 0.250 e. The van der Waals surface area contributed by atoms with Gasteiger partial charge in [0.1, 0.15) is 5.75 Å². The molecule has 1 aromatic carbocycles. The summed E-state index contributed by atoms with van der Waals surface area (Å²) in [4.78, 5) is 10.9. The fourth-order valence-electron chi connectivity index (χ4n) is 1.15. The van der Waals surface area contributed by atoms with Crippen LogP contribution < -0.4 is 10.5 Å². The maximum absolute atomic E-state index is 10.9. The second-order valence-corrected chi connectivity index (χ2v) is 3.73. The third kappa shape index (κ3) is 1.99. The number of carbonyl (C=O) groups is 1. The lowest BCUT2D eigenvalue weighted by Crippen LogP contribution is -2.11. The molecule has 1 aliphatic carbocycles. The summed E-state index contributed by atoms with van der Waals surface area (Å²) in [5, 5.41) is 0.343. The molecule has 2 rings (SSSR count). The Kier molecular flexibility index (Phi) is 2.33. The summed E-state index contributed by atoms with van der Waals surface area (Å²) in [5.41, 5.74) is 5.44. The van der Waals surface area contributed by atoms with Crippen LogP contribution in [0, 0.1) is 0 Å². The van der Waals surface area contributed by atoms with Crippen LogP contribution in [0.3, 0.4) is 0 Å². The summed E-state index contributed by atoms with van der Waals surface area (Å²) < 4.78 is 5.50. The van der Waals surface area contributed by atoms with E-state index in [0.29, 0.717) is 22.4 Å². The molecule has 1 fully saturated rings. The van der Waals surface area contributed by atoms with Gasteiger partial charge in [-0.15, -0.1) is 0 Å². The topological polar surface area (TPSA) is 52.3 Å². The van der Waals surface area contributed by atoms with Gasteiger partial charge in [-0.2, -0.15) is 0 Å². The van der Waals surface area contributed by atoms with E-state index in [1.807, 2.05) is 0 Å². The first-order valence-electron chi connectivity index (χ1n) is 4.43. The third-order valence-electron chi connectivity index (χ3n) is 2.03. The van der Waals surface area contributed by atoms with Crippen molar-refractivity contribution in [3.05, 3.63) is 28.8 Å². The number of hydrogen-bond donors (Lipinski definition) is 1. The normalized spacial score (nSPS) is 15.2. The van der Waals surface area contributed by atoms with Gasteiger partial charge in [0.15, 0.2) is 0 Å². The number of rotatable bonds is 3. The highest BCUT2D eigenvalue weighted by atomic mass is 35.5. The molecule has 2 N–H and O–H groups in total. The molecule has 0 bridgehead atoms. The van der Waals surface area contributed by atoms with Crippen molar-refractivity contribution in [2.75, 3.05) is 0 Å². The molecule has 0 heterocycles. The highest BCUT2D eigenvalue weighted by Gasteiger charge is 2.23. The average Bonchev–Trinajstić information content (AvgIpc) is 2.87. The van der Waals surface area contributed by atoms with Crippen LogP contribution in [0.2, 0.25) is 5.02 Å². The number of amides is 1. The van der Waals surface area contributed by atoms with Gasteiger partial charge in [-0.05, 0) is 31.0 Å². The number of ether oxygens (including phenoxy) is 1. The highest BCUT2D eigenvalue weighted by molar-refractivity contribution is 6.33. The van der Waals surface area contributed by atoms with E-state index in [4.69, 9.17) is 22.1 Å². The largest absolute Gasteiger partial charge is 0.490 e. The molecule has 0 radical (unpaired) electrons. The first-order chi connectivity index (χ1) is 6.66. The Labute approximate surface area is 86.8 Å². The molecular weight excluding hydrogens is 202 g/mol. The van der Waals surface area contributed by atoms with Crippen molar-refractivity contribution in [3.63, 3.8) is 0 Å². The van der Waals surface area contributed by atoms with Crippen molar-refractivity contribution < 1.29 is 9.53 Å². The molecule has 4 heteroatoms. The van der Waals surface area contributed by atoms with Crippen molar-refractivity contribution in [2.45, 2.75) is 18.9 Å². The first-order valence-corrected chi connectivity index (χ1v) is 4.80. The number of primary amides is 1. The second kappa shape index (κ2) is 3.50. The Balaban J connectivity index is 2.20. The van der Waals surface area contributed by atoms with E-state index in [1.165, 1.54) is 0 Å². The van der Waals surface area contributed by atoms with Crippen LogP contribution in [0.1, 0.15) is 23.2 Å². The van der Waals surface area contributed by atoms with E-state index < -0.39 is 5.91 Å². The second-order valence-electron chi connectivity index (χ2n) is 3.32. The molecule has 0 aromatic heterocycles.